The zero-order valence-corrected chi connectivity index (χ0v) is 15.5. The summed E-state index contributed by atoms with van der Waals surface area (Å²) in [5.41, 5.74) is 7.91. The second-order valence-electron chi connectivity index (χ2n) is 7.45. The number of aromatic hydroxyl groups is 1. The molecule has 3 N–H and O–H groups in total. The molecule has 138 valence electrons. The number of fused-ring (bicyclic) bond motifs is 10. The highest BCUT2D eigenvalue weighted by atomic mass is 16.5. The van der Waals surface area contributed by atoms with Gasteiger partial charge in [-0.3, -0.25) is 0 Å². The Morgan fingerprint density at radius 2 is 2.04 bits per heavy atom. The number of aromatic nitrogens is 2. The summed E-state index contributed by atoms with van der Waals surface area (Å²) in [6, 6.07) is 14.7. The monoisotopic (exact) mass is 369 g/mol. The third-order valence-electron chi connectivity index (χ3n) is 5.92. The van der Waals surface area contributed by atoms with Crippen molar-refractivity contribution in [2.45, 2.75) is 20.0 Å². The van der Waals surface area contributed by atoms with Crippen LogP contribution in [0.1, 0.15) is 23.6 Å². The maximum absolute atomic E-state index is 10.8. The summed E-state index contributed by atoms with van der Waals surface area (Å²) in [6.07, 6.45) is 2.54. The van der Waals surface area contributed by atoms with Gasteiger partial charge >= 0.3 is 0 Å². The van der Waals surface area contributed by atoms with Crippen molar-refractivity contribution in [1.29, 1.82) is 0 Å². The molecule has 0 spiro atoms. The van der Waals surface area contributed by atoms with E-state index in [1.54, 1.807) is 6.20 Å². The van der Waals surface area contributed by atoms with Crippen LogP contribution >= 0.6 is 0 Å². The Labute approximate surface area is 163 Å². The molecular weight excluding hydrogens is 348 g/mol. The standard InChI is InChI=1S/C24H20N2O2/c1-2-28-12-13-7-8-19-16(9-13)21-18-11-25-24(27)22(18)20-15-6-4-3-5-14(15)10-17(20)23(21)26-19/h3-9,11,25-27H,2,10,12H2,1H3/i/hD. The number of ether oxygens (including phenoxy) is 1. The minimum atomic E-state index is -0.00493. The first-order chi connectivity index (χ1) is 14.2. The van der Waals surface area contributed by atoms with Gasteiger partial charge in [0.1, 0.15) is 0 Å². The molecule has 1 aliphatic carbocycles. The van der Waals surface area contributed by atoms with Gasteiger partial charge in [-0.25, -0.2) is 0 Å². The van der Waals surface area contributed by atoms with Crippen LogP contribution in [-0.4, -0.2) is 21.7 Å². The number of hydrogen-bond acceptors (Lipinski definition) is 2. The summed E-state index contributed by atoms with van der Waals surface area (Å²) < 4.78 is 13.8. The highest BCUT2D eigenvalue weighted by Gasteiger charge is 2.27. The lowest BCUT2D eigenvalue weighted by Crippen LogP contribution is -1.91. The van der Waals surface area contributed by atoms with Crippen molar-refractivity contribution >= 4 is 32.6 Å². The van der Waals surface area contributed by atoms with Crippen LogP contribution in [0.3, 0.4) is 0 Å². The fourth-order valence-electron chi connectivity index (χ4n) is 4.72. The van der Waals surface area contributed by atoms with Crippen molar-refractivity contribution in [3.8, 4) is 17.0 Å². The van der Waals surface area contributed by atoms with E-state index in [4.69, 9.17) is 6.15 Å². The molecule has 1 aliphatic rings. The SMILES string of the molecule is [2H]n1cc2c(c3c(c4[nH]c5ccc(COCC)cc5c42)Cc2ccccc2-3)c1O. The summed E-state index contributed by atoms with van der Waals surface area (Å²) >= 11 is 0. The average molecular weight is 369 g/mol. The maximum atomic E-state index is 10.8. The van der Waals surface area contributed by atoms with Gasteiger partial charge in [-0.15, -0.1) is 0 Å². The molecule has 6 rings (SSSR count). The van der Waals surface area contributed by atoms with E-state index in [0.717, 1.165) is 60.7 Å². The van der Waals surface area contributed by atoms with E-state index in [2.05, 4.69) is 41.4 Å². The lowest BCUT2D eigenvalue weighted by atomic mass is 9.96. The minimum Gasteiger partial charge on any atom is -0.494 e. The molecule has 0 atom stereocenters. The van der Waals surface area contributed by atoms with Crippen LogP contribution in [-0.2, 0) is 17.8 Å². The highest BCUT2D eigenvalue weighted by Crippen LogP contribution is 2.49. The summed E-state index contributed by atoms with van der Waals surface area (Å²) in [5, 5.41) is 14.6. The van der Waals surface area contributed by atoms with Crippen molar-refractivity contribution in [3.05, 3.63) is 65.4 Å². The molecule has 0 amide bonds. The second kappa shape index (κ2) is 5.63. The van der Waals surface area contributed by atoms with Crippen LogP contribution < -0.4 is 0 Å². The Morgan fingerprint density at radius 1 is 1.14 bits per heavy atom. The predicted molar refractivity (Wildman–Crippen MR) is 113 cm³/mol. The Morgan fingerprint density at radius 3 is 2.93 bits per heavy atom. The van der Waals surface area contributed by atoms with E-state index in [-0.39, 0.29) is 5.88 Å². The maximum Gasteiger partial charge on any atom is 0.197 e. The summed E-state index contributed by atoms with van der Waals surface area (Å²) in [5.74, 6) is -0.00493. The fraction of sp³-hybridized carbons (Fsp3) is 0.167. The molecule has 0 bridgehead atoms. The van der Waals surface area contributed by atoms with E-state index < -0.39 is 0 Å². The Balaban J connectivity index is 1.78. The molecule has 0 saturated carbocycles. The molecule has 0 radical (unpaired) electrons. The third-order valence-corrected chi connectivity index (χ3v) is 5.92. The van der Waals surface area contributed by atoms with Crippen molar-refractivity contribution in [3.63, 3.8) is 0 Å². The van der Waals surface area contributed by atoms with Gasteiger partial charge in [-0.05, 0) is 41.3 Å². The molecule has 2 heterocycles. The number of H-pyrrole nitrogens is 2. The van der Waals surface area contributed by atoms with Crippen LogP contribution in [0.15, 0.2) is 48.7 Å². The zero-order chi connectivity index (χ0) is 19.7. The number of benzene rings is 3. The van der Waals surface area contributed by atoms with Crippen molar-refractivity contribution in [1.82, 2.24) is 9.96 Å². The zero-order valence-electron chi connectivity index (χ0n) is 16.5. The van der Waals surface area contributed by atoms with Gasteiger partial charge < -0.3 is 19.8 Å². The molecule has 2 aromatic heterocycles. The topological polar surface area (TPSA) is 61.0 Å². The van der Waals surface area contributed by atoms with E-state index in [0.29, 0.717) is 13.2 Å². The lowest BCUT2D eigenvalue weighted by Gasteiger charge is -2.07. The van der Waals surface area contributed by atoms with Gasteiger partial charge in [0.05, 0.1) is 17.5 Å². The molecule has 0 fully saturated rings. The molecule has 4 heteroatoms. The molecule has 28 heavy (non-hydrogen) atoms. The molecule has 0 unspecified atom stereocenters. The summed E-state index contributed by atoms with van der Waals surface area (Å²) in [6.45, 7) is 3.25. The Hall–Kier alpha value is -3.24. The first-order valence-electron chi connectivity index (χ1n) is 10.1. The second-order valence-corrected chi connectivity index (χ2v) is 7.45. The number of rotatable bonds is 3. The molecule has 0 aliphatic heterocycles. The van der Waals surface area contributed by atoms with Gasteiger partial charge in [0, 0.05) is 46.5 Å². The largest absolute Gasteiger partial charge is 0.494 e. The highest BCUT2D eigenvalue weighted by molar-refractivity contribution is 6.26. The van der Waals surface area contributed by atoms with Gasteiger partial charge in [0.25, 0.3) is 0 Å². The third kappa shape index (κ3) is 1.98. The van der Waals surface area contributed by atoms with Gasteiger partial charge in [-0.2, -0.15) is 0 Å². The molecular formula is C24H20N2O2. The Bertz CT molecular complexity index is 1440. The van der Waals surface area contributed by atoms with E-state index in [1.807, 2.05) is 13.0 Å². The number of nitrogens with one attached hydrogen (secondary N) is 2. The van der Waals surface area contributed by atoms with Crippen molar-refractivity contribution in [2.75, 3.05) is 6.61 Å². The van der Waals surface area contributed by atoms with E-state index in [9.17, 15) is 5.11 Å². The van der Waals surface area contributed by atoms with Crippen LogP contribution in [0.2, 0.25) is 1.41 Å². The number of aromatic amines is 2. The quantitative estimate of drug-likeness (QED) is 0.379. The van der Waals surface area contributed by atoms with Gasteiger partial charge in [-0.1, -0.05) is 30.3 Å². The van der Waals surface area contributed by atoms with Gasteiger partial charge in [0.2, 0.25) is 0 Å². The Kier molecular flexibility index (Phi) is 2.97. The van der Waals surface area contributed by atoms with E-state index >= 15 is 0 Å². The normalized spacial score (nSPS) is 13.4. The van der Waals surface area contributed by atoms with Gasteiger partial charge in [0.15, 0.2) is 7.29 Å². The predicted octanol–water partition coefficient (Wildman–Crippen LogP) is 5.62. The van der Waals surface area contributed by atoms with Crippen molar-refractivity contribution < 1.29 is 11.3 Å². The van der Waals surface area contributed by atoms with Crippen LogP contribution in [0, 0.1) is 0 Å². The average Bonchev–Trinajstić information content (AvgIpc) is 3.38. The van der Waals surface area contributed by atoms with Crippen molar-refractivity contribution in [2.24, 2.45) is 0 Å². The molecule has 5 aromatic rings. The summed E-state index contributed by atoms with van der Waals surface area (Å²) in [4.78, 5) is 4.70. The molecule has 4 nitrogen and oxygen atoms in total. The first kappa shape index (κ1) is 14.8. The molecule has 0 saturated heterocycles. The fourth-order valence-corrected chi connectivity index (χ4v) is 4.72. The van der Waals surface area contributed by atoms with Crippen LogP contribution in [0.5, 0.6) is 5.88 Å². The minimum absolute atomic E-state index is 0.00493. The first-order valence-corrected chi connectivity index (χ1v) is 9.65. The number of hydrogen-bond donors (Lipinski definition) is 3. The lowest BCUT2D eigenvalue weighted by molar-refractivity contribution is 0.134. The molecule has 3 aromatic carbocycles. The van der Waals surface area contributed by atoms with Crippen LogP contribution in [0.25, 0.3) is 43.7 Å². The smallest absolute Gasteiger partial charge is 0.197 e. The van der Waals surface area contributed by atoms with Crippen LogP contribution in [0.4, 0.5) is 0 Å². The summed E-state index contributed by atoms with van der Waals surface area (Å²) in [7, 11) is 0. The van der Waals surface area contributed by atoms with E-state index in [1.165, 1.54) is 11.1 Å².